The van der Waals surface area contributed by atoms with Crippen molar-refractivity contribution in [2.24, 2.45) is 0 Å². The van der Waals surface area contributed by atoms with Crippen molar-refractivity contribution in [2.45, 2.75) is 0 Å². The number of hydrogen-bond donors (Lipinski definition) is 1. The highest BCUT2D eigenvalue weighted by Crippen LogP contribution is 2.28. The summed E-state index contributed by atoms with van der Waals surface area (Å²) >= 11 is 0. The minimum absolute atomic E-state index is 0.757. The lowest BCUT2D eigenvalue weighted by Crippen LogP contribution is -2.44. The molecule has 2 aromatic carbocycles. The first-order valence-corrected chi connectivity index (χ1v) is 10.1. The molecule has 1 aliphatic rings. The number of para-hydroxylation sites is 1. The summed E-state index contributed by atoms with van der Waals surface area (Å²) in [6, 6.07) is 20.3. The molecule has 6 heteroatoms. The summed E-state index contributed by atoms with van der Waals surface area (Å²) in [5.74, 6) is 1.59. The average Bonchev–Trinajstić information content (AvgIpc) is 2.84. The van der Waals surface area contributed by atoms with E-state index < -0.39 is 0 Å². The number of anilines is 1. The molecule has 1 aliphatic heterocycles. The number of aromatic nitrogens is 3. The molecule has 0 atom stereocenters. The van der Waals surface area contributed by atoms with Gasteiger partial charge in [0.1, 0.15) is 5.75 Å². The highest BCUT2D eigenvalue weighted by Gasteiger charge is 2.17. The van der Waals surface area contributed by atoms with Crippen LogP contribution in [0, 0.1) is 0 Å². The zero-order valence-corrected chi connectivity index (χ0v) is 16.9. The molecule has 0 amide bonds. The smallest absolute Gasteiger partial charge is 0.226 e. The molecule has 1 N–H and O–H groups in total. The van der Waals surface area contributed by atoms with Gasteiger partial charge in [0.2, 0.25) is 5.95 Å². The third-order valence-electron chi connectivity index (χ3n) is 5.39. The molecule has 0 unspecified atom stereocenters. The summed E-state index contributed by atoms with van der Waals surface area (Å²) in [4.78, 5) is 16.7. The predicted octanol–water partition coefficient (Wildman–Crippen LogP) is 3.78. The first kappa shape index (κ1) is 18.5. The van der Waals surface area contributed by atoms with Gasteiger partial charge < -0.3 is 15.0 Å². The standard InChI is InChI=1S/C24H23N5O/c1-30-20-8-6-17(7-9-20)22-15-23(28-24(27-22)29-12-10-25-11-13-29)19-14-18-4-2-3-5-21(18)26-16-19/h2-9,14-16,25H,10-13H2,1H3. The molecular formula is C24H23N5O. The Bertz CT molecular complexity index is 1170. The first-order valence-electron chi connectivity index (χ1n) is 10.1. The fourth-order valence-electron chi connectivity index (χ4n) is 3.71. The molecule has 0 bridgehead atoms. The van der Waals surface area contributed by atoms with Crippen LogP contribution in [0.2, 0.25) is 0 Å². The van der Waals surface area contributed by atoms with Gasteiger partial charge in [0.25, 0.3) is 0 Å². The largest absolute Gasteiger partial charge is 0.497 e. The number of benzene rings is 2. The molecule has 6 nitrogen and oxygen atoms in total. The van der Waals surface area contributed by atoms with Crippen molar-refractivity contribution in [1.82, 2.24) is 20.3 Å². The van der Waals surface area contributed by atoms with Crippen molar-refractivity contribution in [3.05, 3.63) is 66.9 Å². The molecule has 3 heterocycles. The Labute approximate surface area is 175 Å². The van der Waals surface area contributed by atoms with Gasteiger partial charge in [-0.1, -0.05) is 18.2 Å². The van der Waals surface area contributed by atoms with Crippen LogP contribution in [0.3, 0.4) is 0 Å². The van der Waals surface area contributed by atoms with E-state index in [-0.39, 0.29) is 0 Å². The predicted molar refractivity (Wildman–Crippen MR) is 120 cm³/mol. The Morgan fingerprint density at radius 1 is 0.867 bits per heavy atom. The Morgan fingerprint density at radius 3 is 2.37 bits per heavy atom. The zero-order chi connectivity index (χ0) is 20.3. The Balaban J connectivity index is 1.62. The molecule has 1 fully saturated rings. The lowest BCUT2D eigenvalue weighted by atomic mass is 10.1. The van der Waals surface area contributed by atoms with Crippen LogP contribution >= 0.6 is 0 Å². The minimum Gasteiger partial charge on any atom is -0.497 e. The molecule has 4 aromatic rings. The van der Waals surface area contributed by atoms with Crippen LogP contribution in [0.1, 0.15) is 0 Å². The van der Waals surface area contributed by atoms with Crippen LogP contribution in [-0.4, -0.2) is 48.2 Å². The number of methoxy groups -OCH3 is 1. The van der Waals surface area contributed by atoms with E-state index in [1.165, 1.54) is 0 Å². The van der Waals surface area contributed by atoms with Gasteiger partial charge in [0.15, 0.2) is 0 Å². The van der Waals surface area contributed by atoms with Gasteiger partial charge in [0, 0.05) is 48.9 Å². The fraction of sp³-hybridized carbons (Fsp3) is 0.208. The van der Waals surface area contributed by atoms with E-state index in [1.807, 2.05) is 54.7 Å². The number of pyridine rings is 1. The molecule has 0 saturated carbocycles. The van der Waals surface area contributed by atoms with Crippen LogP contribution in [0.25, 0.3) is 33.4 Å². The molecule has 5 rings (SSSR count). The van der Waals surface area contributed by atoms with Crippen LogP contribution in [-0.2, 0) is 0 Å². The monoisotopic (exact) mass is 397 g/mol. The van der Waals surface area contributed by atoms with E-state index in [0.29, 0.717) is 0 Å². The summed E-state index contributed by atoms with van der Waals surface area (Å²) in [6.45, 7) is 3.65. The maximum atomic E-state index is 5.30. The molecule has 2 aromatic heterocycles. The van der Waals surface area contributed by atoms with Crippen LogP contribution in [0.4, 0.5) is 5.95 Å². The summed E-state index contributed by atoms with van der Waals surface area (Å²) in [7, 11) is 1.67. The molecule has 0 aliphatic carbocycles. The van der Waals surface area contributed by atoms with E-state index in [4.69, 9.17) is 14.7 Å². The third-order valence-corrected chi connectivity index (χ3v) is 5.39. The van der Waals surface area contributed by atoms with E-state index in [9.17, 15) is 0 Å². The normalized spacial score (nSPS) is 14.1. The van der Waals surface area contributed by atoms with E-state index in [1.54, 1.807) is 7.11 Å². The molecule has 0 spiro atoms. The SMILES string of the molecule is COc1ccc(-c2cc(-c3cnc4ccccc4c3)nc(N3CCNCC3)n2)cc1. The number of piperazine rings is 1. The van der Waals surface area contributed by atoms with Gasteiger partial charge in [-0.15, -0.1) is 0 Å². The van der Waals surface area contributed by atoms with E-state index in [0.717, 1.165) is 71.3 Å². The van der Waals surface area contributed by atoms with Crippen molar-refractivity contribution in [1.29, 1.82) is 0 Å². The second-order valence-electron chi connectivity index (χ2n) is 7.32. The molecule has 0 radical (unpaired) electrons. The Morgan fingerprint density at radius 2 is 1.60 bits per heavy atom. The van der Waals surface area contributed by atoms with E-state index in [2.05, 4.69) is 27.3 Å². The zero-order valence-electron chi connectivity index (χ0n) is 16.9. The molecule has 30 heavy (non-hydrogen) atoms. The van der Waals surface area contributed by atoms with Crippen LogP contribution in [0.15, 0.2) is 66.9 Å². The third kappa shape index (κ3) is 3.69. The minimum atomic E-state index is 0.757. The van der Waals surface area contributed by atoms with Gasteiger partial charge in [-0.3, -0.25) is 4.98 Å². The quantitative estimate of drug-likeness (QED) is 0.566. The summed E-state index contributed by atoms with van der Waals surface area (Å²) in [5, 5.41) is 4.49. The topological polar surface area (TPSA) is 63.2 Å². The van der Waals surface area contributed by atoms with Gasteiger partial charge in [-0.2, -0.15) is 0 Å². The van der Waals surface area contributed by atoms with Gasteiger partial charge in [-0.25, -0.2) is 9.97 Å². The van der Waals surface area contributed by atoms with Crippen molar-refractivity contribution >= 4 is 16.9 Å². The van der Waals surface area contributed by atoms with Crippen molar-refractivity contribution in [3.63, 3.8) is 0 Å². The highest BCUT2D eigenvalue weighted by molar-refractivity contribution is 5.83. The van der Waals surface area contributed by atoms with Crippen LogP contribution < -0.4 is 15.0 Å². The Hall–Kier alpha value is -3.51. The Kier molecular flexibility index (Phi) is 4.99. The fourth-order valence-corrected chi connectivity index (χ4v) is 3.71. The van der Waals surface area contributed by atoms with Crippen molar-refractivity contribution < 1.29 is 4.74 Å². The van der Waals surface area contributed by atoms with E-state index >= 15 is 0 Å². The number of hydrogen-bond acceptors (Lipinski definition) is 6. The summed E-state index contributed by atoms with van der Waals surface area (Å²) in [6.07, 6.45) is 1.89. The lowest BCUT2D eigenvalue weighted by molar-refractivity contribution is 0.415. The van der Waals surface area contributed by atoms with Gasteiger partial charge >= 0.3 is 0 Å². The number of ether oxygens (including phenoxy) is 1. The average molecular weight is 397 g/mol. The molecular weight excluding hydrogens is 374 g/mol. The molecule has 150 valence electrons. The number of fused-ring (bicyclic) bond motifs is 1. The van der Waals surface area contributed by atoms with Gasteiger partial charge in [-0.05, 0) is 42.5 Å². The number of nitrogens with zero attached hydrogens (tertiary/aromatic N) is 4. The summed E-state index contributed by atoms with van der Waals surface area (Å²) in [5.41, 5.74) is 4.77. The second-order valence-corrected chi connectivity index (χ2v) is 7.32. The highest BCUT2D eigenvalue weighted by atomic mass is 16.5. The number of rotatable bonds is 4. The van der Waals surface area contributed by atoms with Gasteiger partial charge in [0.05, 0.1) is 24.0 Å². The van der Waals surface area contributed by atoms with Crippen LogP contribution in [0.5, 0.6) is 5.75 Å². The lowest BCUT2D eigenvalue weighted by Gasteiger charge is -2.28. The second kappa shape index (κ2) is 8.08. The summed E-state index contributed by atoms with van der Waals surface area (Å²) < 4.78 is 5.30. The number of nitrogens with one attached hydrogen (secondary N) is 1. The van der Waals surface area contributed by atoms with Crippen molar-refractivity contribution in [2.75, 3.05) is 38.2 Å². The maximum Gasteiger partial charge on any atom is 0.226 e. The first-order chi connectivity index (χ1) is 14.8. The van der Waals surface area contributed by atoms with Crippen molar-refractivity contribution in [3.8, 4) is 28.3 Å². The maximum absolute atomic E-state index is 5.30. The molecule has 1 saturated heterocycles.